The fourth-order valence-electron chi connectivity index (χ4n) is 1.12. The van der Waals surface area contributed by atoms with Crippen LogP contribution in [0.5, 0.6) is 11.5 Å². The molecule has 0 aliphatic carbocycles. The molecule has 1 aliphatic heterocycles. The Morgan fingerprint density at radius 1 is 1.55 bits per heavy atom. The molecule has 0 spiro atoms. The summed E-state index contributed by atoms with van der Waals surface area (Å²) in [6.45, 7) is 0.670. The summed E-state index contributed by atoms with van der Waals surface area (Å²) in [7, 11) is 1.59. The van der Waals surface area contributed by atoms with E-state index in [1.807, 2.05) is 12.1 Å². The van der Waals surface area contributed by atoms with Gasteiger partial charge in [-0.3, -0.25) is 0 Å². The molecule has 1 aromatic rings. The van der Waals surface area contributed by atoms with Gasteiger partial charge in [0.15, 0.2) is 0 Å². The number of rotatable bonds is 1. The van der Waals surface area contributed by atoms with Crippen LogP contribution in [-0.4, -0.2) is 7.11 Å². The molecule has 0 bridgehead atoms. The molecule has 2 rings (SSSR count). The van der Waals surface area contributed by atoms with Gasteiger partial charge in [-0.25, -0.2) is 0 Å². The highest BCUT2D eigenvalue weighted by atomic mass is 16.5. The van der Waals surface area contributed by atoms with Crippen molar-refractivity contribution in [3.63, 3.8) is 0 Å². The Labute approximate surface area is 64.7 Å². The van der Waals surface area contributed by atoms with E-state index in [-0.39, 0.29) is 0 Å². The van der Waals surface area contributed by atoms with Crippen molar-refractivity contribution in [1.82, 2.24) is 0 Å². The smallest absolute Gasteiger partial charge is 0.145 e. The molecule has 11 heavy (non-hydrogen) atoms. The first kappa shape index (κ1) is 6.34. The Balaban J connectivity index is 2.50. The van der Waals surface area contributed by atoms with Crippen LogP contribution in [0.15, 0.2) is 12.1 Å². The molecular formula is C8H9NO2. The number of anilines is 1. The molecule has 0 fully saturated rings. The maximum Gasteiger partial charge on any atom is 0.145 e. The van der Waals surface area contributed by atoms with Crippen LogP contribution in [0, 0.1) is 0 Å². The quantitative estimate of drug-likeness (QED) is 0.613. The molecule has 0 atom stereocenters. The normalized spacial score (nSPS) is 12.8. The molecule has 0 unspecified atom stereocenters. The van der Waals surface area contributed by atoms with Gasteiger partial charge in [-0.1, -0.05) is 0 Å². The number of hydrogen-bond acceptors (Lipinski definition) is 3. The topological polar surface area (TPSA) is 44.5 Å². The zero-order chi connectivity index (χ0) is 7.84. The van der Waals surface area contributed by atoms with Gasteiger partial charge in [0.25, 0.3) is 0 Å². The van der Waals surface area contributed by atoms with E-state index in [1.54, 1.807) is 7.11 Å². The molecule has 2 N–H and O–H groups in total. The summed E-state index contributed by atoms with van der Waals surface area (Å²) in [5.74, 6) is 1.57. The lowest BCUT2D eigenvalue weighted by atomic mass is 10.1. The van der Waals surface area contributed by atoms with Crippen LogP contribution in [-0.2, 0) is 6.61 Å². The molecule has 1 aromatic carbocycles. The number of fused-ring (bicyclic) bond motifs is 1. The Kier molecular flexibility index (Phi) is 1.18. The minimum absolute atomic E-state index is 0.670. The number of nitrogens with two attached hydrogens (primary N) is 1. The zero-order valence-electron chi connectivity index (χ0n) is 6.26. The lowest BCUT2D eigenvalue weighted by molar-refractivity contribution is 0.241. The van der Waals surface area contributed by atoms with Crippen LogP contribution in [0.2, 0.25) is 0 Å². The molecule has 1 heterocycles. The van der Waals surface area contributed by atoms with Crippen molar-refractivity contribution in [2.24, 2.45) is 0 Å². The van der Waals surface area contributed by atoms with E-state index in [2.05, 4.69) is 0 Å². The summed E-state index contributed by atoms with van der Waals surface area (Å²) >= 11 is 0. The number of ether oxygens (including phenoxy) is 2. The van der Waals surface area contributed by atoms with Crippen molar-refractivity contribution >= 4 is 5.69 Å². The summed E-state index contributed by atoms with van der Waals surface area (Å²) in [6.07, 6.45) is 0. The Bertz CT molecular complexity index is 296. The van der Waals surface area contributed by atoms with E-state index < -0.39 is 0 Å². The number of nitrogen functional groups attached to an aromatic ring is 1. The van der Waals surface area contributed by atoms with Gasteiger partial charge in [0.2, 0.25) is 0 Å². The third-order valence-electron chi connectivity index (χ3n) is 1.80. The van der Waals surface area contributed by atoms with Crippen LogP contribution in [0.3, 0.4) is 0 Å². The fourth-order valence-corrected chi connectivity index (χ4v) is 1.12. The molecule has 0 amide bonds. The van der Waals surface area contributed by atoms with E-state index in [4.69, 9.17) is 15.2 Å². The Hall–Kier alpha value is -1.38. The van der Waals surface area contributed by atoms with Gasteiger partial charge in [0.1, 0.15) is 18.1 Å². The highest BCUT2D eigenvalue weighted by Gasteiger charge is 2.16. The Morgan fingerprint density at radius 2 is 2.36 bits per heavy atom. The van der Waals surface area contributed by atoms with Crippen molar-refractivity contribution in [3.8, 4) is 11.5 Å². The third-order valence-corrected chi connectivity index (χ3v) is 1.80. The van der Waals surface area contributed by atoms with E-state index in [1.165, 1.54) is 0 Å². The molecule has 58 valence electrons. The van der Waals surface area contributed by atoms with E-state index in [0.717, 1.165) is 11.3 Å². The van der Waals surface area contributed by atoms with Gasteiger partial charge < -0.3 is 15.2 Å². The lowest BCUT2D eigenvalue weighted by Gasteiger charge is -2.21. The van der Waals surface area contributed by atoms with Gasteiger partial charge in [0, 0.05) is 11.6 Å². The van der Waals surface area contributed by atoms with Gasteiger partial charge in [-0.15, -0.1) is 0 Å². The summed E-state index contributed by atoms with van der Waals surface area (Å²) in [5, 5.41) is 0. The van der Waals surface area contributed by atoms with Crippen LogP contribution >= 0.6 is 0 Å². The first-order valence-electron chi connectivity index (χ1n) is 3.40. The van der Waals surface area contributed by atoms with Crippen molar-refractivity contribution in [1.29, 1.82) is 0 Å². The average Bonchev–Trinajstić information content (AvgIpc) is 1.97. The molecule has 0 saturated heterocycles. The molecule has 1 aliphatic rings. The van der Waals surface area contributed by atoms with Crippen LogP contribution in [0.25, 0.3) is 0 Å². The third kappa shape index (κ3) is 0.808. The minimum atomic E-state index is 0.670. The maximum atomic E-state index is 5.65. The molecular weight excluding hydrogens is 142 g/mol. The maximum absolute atomic E-state index is 5.65. The molecule has 3 nitrogen and oxygen atoms in total. The predicted octanol–water partition coefficient (Wildman–Crippen LogP) is 1.17. The predicted molar refractivity (Wildman–Crippen MR) is 41.7 cm³/mol. The first-order valence-corrected chi connectivity index (χ1v) is 3.40. The van der Waals surface area contributed by atoms with Crippen molar-refractivity contribution in [3.05, 3.63) is 17.7 Å². The fraction of sp³-hybridized carbons (Fsp3) is 0.250. The monoisotopic (exact) mass is 151 g/mol. The van der Waals surface area contributed by atoms with Crippen LogP contribution in [0.4, 0.5) is 5.69 Å². The Morgan fingerprint density at radius 3 is 2.91 bits per heavy atom. The number of methoxy groups -OCH3 is 1. The first-order chi connectivity index (χ1) is 5.31. The SMILES string of the molecule is COc1cc2c(cc1N)CO2. The lowest BCUT2D eigenvalue weighted by Crippen LogP contribution is -2.10. The highest BCUT2D eigenvalue weighted by molar-refractivity contribution is 5.60. The minimum Gasteiger partial charge on any atom is -0.494 e. The van der Waals surface area contributed by atoms with Gasteiger partial charge >= 0.3 is 0 Å². The average molecular weight is 151 g/mol. The van der Waals surface area contributed by atoms with E-state index in [9.17, 15) is 0 Å². The molecule has 0 aromatic heterocycles. The number of hydrogen-bond donors (Lipinski definition) is 1. The highest BCUT2D eigenvalue weighted by Crippen LogP contribution is 2.36. The van der Waals surface area contributed by atoms with Crippen molar-refractivity contribution in [2.75, 3.05) is 12.8 Å². The zero-order valence-corrected chi connectivity index (χ0v) is 6.26. The largest absolute Gasteiger partial charge is 0.494 e. The van der Waals surface area contributed by atoms with E-state index >= 15 is 0 Å². The molecule has 0 saturated carbocycles. The second-order valence-electron chi connectivity index (χ2n) is 2.49. The van der Waals surface area contributed by atoms with Crippen LogP contribution < -0.4 is 15.2 Å². The summed E-state index contributed by atoms with van der Waals surface area (Å²) in [5.41, 5.74) is 7.49. The summed E-state index contributed by atoms with van der Waals surface area (Å²) in [4.78, 5) is 0. The van der Waals surface area contributed by atoms with Crippen LogP contribution in [0.1, 0.15) is 5.56 Å². The number of benzene rings is 1. The summed E-state index contributed by atoms with van der Waals surface area (Å²) in [6, 6.07) is 3.70. The van der Waals surface area contributed by atoms with Gasteiger partial charge in [-0.2, -0.15) is 0 Å². The van der Waals surface area contributed by atoms with Crippen molar-refractivity contribution < 1.29 is 9.47 Å². The van der Waals surface area contributed by atoms with Gasteiger partial charge in [0.05, 0.1) is 12.8 Å². The second kappa shape index (κ2) is 2.05. The van der Waals surface area contributed by atoms with Gasteiger partial charge in [-0.05, 0) is 6.07 Å². The van der Waals surface area contributed by atoms with Crippen molar-refractivity contribution in [2.45, 2.75) is 6.61 Å². The van der Waals surface area contributed by atoms with E-state index in [0.29, 0.717) is 18.0 Å². The summed E-state index contributed by atoms with van der Waals surface area (Å²) < 4.78 is 10.1. The second-order valence-corrected chi connectivity index (χ2v) is 2.49. The molecule has 3 heteroatoms. The molecule has 0 radical (unpaired) electrons. The standard InChI is InChI=1S/C8H9NO2/c1-10-8-3-7-5(4-11-7)2-6(8)9/h2-3H,4,9H2,1H3.